The number of allylic oxidation sites excluding steroid dienone is 1. The highest BCUT2D eigenvalue weighted by atomic mass is 16.7. The van der Waals surface area contributed by atoms with Crippen molar-refractivity contribution in [3.05, 3.63) is 12.7 Å². The van der Waals surface area contributed by atoms with Crippen molar-refractivity contribution in [3.63, 3.8) is 0 Å². The van der Waals surface area contributed by atoms with Gasteiger partial charge in [0.25, 0.3) is 0 Å². The Morgan fingerprint density at radius 3 is 2.29 bits per heavy atom. The molecule has 0 fully saturated rings. The predicted octanol–water partition coefficient (Wildman–Crippen LogP) is 1.18. The Balaban J connectivity index is 4.02. The number of nitrogens with two attached hydrogens (primary N) is 1. The van der Waals surface area contributed by atoms with Crippen LogP contribution in [-0.2, 0) is 9.47 Å². The van der Waals surface area contributed by atoms with E-state index in [0.29, 0.717) is 13.2 Å². The summed E-state index contributed by atoms with van der Waals surface area (Å²) in [6.07, 6.45) is 3.35. The molecule has 0 aromatic carbocycles. The van der Waals surface area contributed by atoms with Crippen molar-refractivity contribution in [2.24, 2.45) is 5.84 Å². The second-order valence-corrected chi connectivity index (χ2v) is 2.92. The first kappa shape index (κ1) is 13.6. The lowest BCUT2D eigenvalue weighted by Crippen LogP contribution is -2.46. The highest BCUT2D eigenvalue weighted by molar-refractivity contribution is 4.75. The van der Waals surface area contributed by atoms with Crippen molar-refractivity contribution in [1.82, 2.24) is 5.43 Å². The molecule has 1 atom stereocenters. The van der Waals surface area contributed by atoms with E-state index in [9.17, 15) is 0 Å². The number of rotatable bonds is 9. The van der Waals surface area contributed by atoms with Gasteiger partial charge in [-0.1, -0.05) is 6.08 Å². The SMILES string of the molecule is C=CCCC(NN)C(OCC)OCC. The highest BCUT2D eigenvalue weighted by Crippen LogP contribution is 2.07. The fraction of sp³-hybridized carbons (Fsp3) is 0.800. The summed E-state index contributed by atoms with van der Waals surface area (Å²) in [6.45, 7) is 8.79. The van der Waals surface area contributed by atoms with Crippen LogP contribution in [0.2, 0.25) is 0 Å². The van der Waals surface area contributed by atoms with Gasteiger partial charge in [-0.05, 0) is 26.7 Å². The van der Waals surface area contributed by atoms with Crippen molar-refractivity contribution in [3.8, 4) is 0 Å². The van der Waals surface area contributed by atoms with E-state index in [0.717, 1.165) is 12.8 Å². The molecule has 14 heavy (non-hydrogen) atoms. The molecule has 0 amide bonds. The molecule has 0 aliphatic heterocycles. The van der Waals surface area contributed by atoms with Gasteiger partial charge in [-0.15, -0.1) is 6.58 Å². The molecule has 84 valence electrons. The summed E-state index contributed by atoms with van der Waals surface area (Å²) in [5, 5.41) is 0. The summed E-state index contributed by atoms with van der Waals surface area (Å²) in [7, 11) is 0. The van der Waals surface area contributed by atoms with Gasteiger partial charge in [0, 0.05) is 13.2 Å². The van der Waals surface area contributed by atoms with E-state index in [-0.39, 0.29) is 12.3 Å². The van der Waals surface area contributed by atoms with Gasteiger partial charge in [-0.2, -0.15) is 0 Å². The zero-order valence-corrected chi connectivity index (χ0v) is 9.16. The van der Waals surface area contributed by atoms with E-state index in [1.165, 1.54) is 0 Å². The quantitative estimate of drug-likeness (QED) is 0.255. The highest BCUT2D eigenvalue weighted by Gasteiger charge is 2.19. The third-order valence-electron chi connectivity index (χ3n) is 1.89. The van der Waals surface area contributed by atoms with Crippen LogP contribution < -0.4 is 11.3 Å². The van der Waals surface area contributed by atoms with Gasteiger partial charge in [0.15, 0.2) is 6.29 Å². The molecule has 0 saturated carbocycles. The molecule has 0 saturated heterocycles. The number of nitrogens with one attached hydrogen (secondary N) is 1. The summed E-state index contributed by atoms with van der Waals surface area (Å²) < 4.78 is 10.9. The molecule has 0 spiro atoms. The fourth-order valence-electron chi connectivity index (χ4n) is 1.20. The number of hydrazine groups is 1. The smallest absolute Gasteiger partial charge is 0.174 e. The van der Waals surface area contributed by atoms with Crippen LogP contribution in [0, 0.1) is 0 Å². The molecule has 0 aromatic rings. The molecule has 0 aromatic heterocycles. The Kier molecular flexibility index (Phi) is 8.87. The summed E-state index contributed by atoms with van der Waals surface area (Å²) in [5.74, 6) is 5.43. The Morgan fingerprint density at radius 1 is 1.36 bits per heavy atom. The average molecular weight is 202 g/mol. The van der Waals surface area contributed by atoms with Crippen LogP contribution in [-0.4, -0.2) is 25.5 Å². The lowest BCUT2D eigenvalue weighted by Gasteiger charge is -2.25. The van der Waals surface area contributed by atoms with Gasteiger partial charge in [0.2, 0.25) is 0 Å². The predicted molar refractivity (Wildman–Crippen MR) is 57.6 cm³/mol. The number of hydrogen-bond acceptors (Lipinski definition) is 4. The normalized spacial score (nSPS) is 13.1. The van der Waals surface area contributed by atoms with Crippen molar-refractivity contribution in [2.45, 2.75) is 39.0 Å². The van der Waals surface area contributed by atoms with Crippen LogP contribution in [0.1, 0.15) is 26.7 Å². The van der Waals surface area contributed by atoms with Gasteiger partial charge < -0.3 is 9.47 Å². The molecule has 0 heterocycles. The van der Waals surface area contributed by atoms with Crippen molar-refractivity contribution in [1.29, 1.82) is 0 Å². The molecule has 3 N–H and O–H groups in total. The Morgan fingerprint density at radius 2 is 1.93 bits per heavy atom. The minimum atomic E-state index is -0.269. The maximum Gasteiger partial charge on any atom is 0.174 e. The van der Waals surface area contributed by atoms with Crippen LogP contribution in [0.3, 0.4) is 0 Å². The molecule has 4 nitrogen and oxygen atoms in total. The van der Waals surface area contributed by atoms with E-state index in [1.807, 2.05) is 19.9 Å². The van der Waals surface area contributed by atoms with Gasteiger partial charge >= 0.3 is 0 Å². The monoisotopic (exact) mass is 202 g/mol. The summed E-state index contributed by atoms with van der Waals surface area (Å²) in [4.78, 5) is 0. The van der Waals surface area contributed by atoms with E-state index < -0.39 is 0 Å². The maximum absolute atomic E-state index is 5.43. The lowest BCUT2D eigenvalue weighted by atomic mass is 10.1. The number of hydrogen-bond donors (Lipinski definition) is 2. The van der Waals surface area contributed by atoms with Crippen molar-refractivity contribution < 1.29 is 9.47 Å². The summed E-state index contributed by atoms with van der Waals surface area (Å²) in [6, 6.07) is 0.0212. The first-order valence-electron chi connectivity index (χ1n) is 5.10. The zero-order chi connectivity index (χ0) is 10.8. The van der Waals surface area contributed by atoms with Crippen LogP contribution in [0.25, 0.3) is 0 Å². The maximum atomic E-state index is 5.43. The minimum absolute atomic E-state index is 0.0212. The molecule has 4 heteroatoms. The molecule has 0 aliphatic carbocycles. The molecule has 0 radical (unpaired) electrons. The van der Waals surface area contributed by atoms with Gasteiger partial charge in [0.1, 0.15) is 0 Å². The topological polar surface area (TPSA) is 56.5 Å². The van der Waals surface area contributed by atoms with E-state index in [1.54, 1.807) is 0 Å². The molecule has 0 aliphatic rings. The third kappa shape index (κ3) is 5.34. The van der Waals surface area contributed by atoms with Crippen molar-refractivity contribution in [2.75, 3.05) is 13.2 Å². The second-order valence-electron chi connectivity index (χ2n) is 2.92. The fourth-order valence-corrected chi connectivity index (χ4v) is 1.20. The lowest BCUT2D eigenvalue weighted by molar-refractivity contribution is -0.154. The molecule has 0 bridgehead atoms. The van der Waals surface area contributed by atoms with Gasteiger partial charge in [-0.25, -0.2) is 0 Å². The molecular weight excluding hydrogens is 180 g/mol. The van der Waals surface area contributed by atoms with Gasteiger partial charge in [-0.3, -0.25) is 11.3 Å². The second kappa shape index (κ2) is 9.15. The molecule has 0 rings (SSSR count). The molecule has 1 unspecified atom stereocenters. The van der Waals surface area contributed by atoms with E-state index in [2.05, 4.69) is 12.0 Å². The number of ether oxygens (including phenoxy) is 2. The Bertz CT molecular complexity index is 136. The van der Waals surface area contributed by atoms with E-state index >= 15 is 0 Å². The first-order chi connectivity index (χ1) is 6.79. The van der Waals surface area contributed by atoms with Gasteiger partial charge in [0.05, 0.1) is 6.04 Å². The minimum Gasteiger partial charge on any atom is -0.351 e. The van der Waals surface area contributed by atoms with Crippen molar-refractivity contribution >= 4 is 0 Å². The third-order valence-corrected chi connectivity index (χ3v) is 1.89. The first-order valence-corrected chi connectivity index (χ1v) is 5.10. The van der Waals surface area contributed by atoms with Crippen LogP contribution in [0.15, 0.2) is 12.7 Å². The van der Waals surface area contributed by atoms with Crippen LogP contribution >= 0.6 is 0 Å². The molecular formula is C10H22N2O2. The summed E-state index contributed by atoms with van der Waals surface area (Å²) >= 11 is 0. The Labute approximate surface area is 86.4 Å². The average Bonchev–Trinajstić information content (AvgIpc) is 2.19. The Hall–Kier alpha value is -0.420. The van der Waals surface area contributed by atoms with Crippen LogP contribution in [0.4, 0.5) is 0 Å². The zero-order valence-electron chi connectivity index (χ0n) is 9.16. The van der Waals surface area contributed by atoms with E-state index in [4.69, 9.17) is 15.3 Å². The summed E-state index contributed by atoms with van der Waals surface area (Å²) in [5.41, 5.74) is 2.71. The largest absolute Gasteiger partial charge is 0.351 e. The standard InChI is InChI=1S/C10H22N2O2/c1-4-7-8-9(12-11)10(13-5-2)14-6-3/h4,9-10,12H,1,5-8,11H2,2-3H3. The van der Waals surface area contributed by atoms with Crippen LogP contribution in [0.5, 0.6) is 0 Å².